The fourth-order valence-corrected chi connectivity index (χ4v) is 3.56. The third-order valence-corrected chi connectivity index (χ3v) is 5.18. The summed E-state index contributed by atoms with van der Waals surface area (Å²) < 4.78 is 24.6. The van der Waals surface area contributed by atoms with Gasteiger partial charge in [0.2, 0.25) is 0 Å². The number of methoxy groups -OCH3 is 1. The molecule has 0 aliphatic rings. The summed E-state index contributed by atoms with van der Waals surface area (Å²) in [7, 11) is 1.58. The molecule has 1 amide bonds. The molecule has 27 heavy (non-hydrogen) atoms. The molecule has 7 heteroatoms. The summed E-state index contributed by atoms with van der Waals surface area (Å²) in [5.41, 5.74) is 0.489. The van der Waals surface area contributed by atoms with Crippen molar-refractivity contribution in [3.05, 3.63) is 58.9 Å². The van der Waals surface area contributed by atoms with Crippen molar-refractivity contribution >= 4 is 29.3 Å². The summed E-state index contributed by atoms with van der Waals surface area (Å²) in [5, 5.41) is 3.28. The second-order valence-corrected chi connectivity index (χ2v) is 7.25. The fraction of sp³-hybridized carbons (Fsp3) is 0.350. The molecule has 0 fully saturated rings. The van der Waals surface area contributed by atoms with Gasteiger partial charge in [-0.2, -0.15) is 11.8 Å². The minimum absolute atomic E-state index is 0.176. The average Bonchev–Trinajstić information content (AvgIpc) is 2.67. The van der Waals surface area contributed by atoms with Gasteiger partial charge in [0, 0.05) is 34.7 Å². The highest BCUT2D eigenvalue weighted by atomic mass is 35.5. The standard InChI is InChI=1S/C20H23ClFNO3S/c1-3-19(26-15-7-4-6-14(12-15)25-2)20(24)23-10-11-27-13-16-17(21)8-5-9-18(16)22/h4-9,12,19H,3,10-11,13H2,1-2H3,(H,23,24)/t19-/m0/s1. The predicted octanol–water partition coefficient (Wildman–Crippen LogP) is 4.69. The van der Waals surface area contributed by atoms with Gasteiger partial charge in [-0.3, -0.25) is 4.79 Å². The summed E-state index contributed by atoms with van der Waals surface area (Å²) in [6, 6.07) is 11.8. The number of benzene rings is 2. The van der Waals surface area contributed by atoms with Crippen LogP contribution in [0.5, 0.6) is 11.5 Å². The van der Waals surface area contributed by atoms with Crippen LogP contribution in [0, 0.1) is 5.82 Å². The number of amides is 1. The Kier molecular flexibility index (Phi) is 8.75. The molecule has 0 saturated carbocycles. The molecule has 0 saturated heterocycles. The van der Waals surface area contributed by atoms with Gasteiger partial charge in [-0.1, -0.05) is 30.7 Å². The van der Waals surface area contributed by atoms with Crippen LogP contribution in [0.25, 0.3) is 0 Å². The van der Waals surface area contributed by atoms with E-state index in [1.807, 2.05) is 19.1 Å². The van der Waals surface area contributed by atoms with Crippen molar-refractivity contribution < 1.29 is 18.7 Å². The zero-order valence-electron chi connectivity index (χ0n) is 15.3. The van der Waals surface area contributed by atoms with Crippen molar-refractivity contribution in [1.29, 1.82) is 0 Å². The highest BCUT2D eigenvalue weighted by Gasteiger charge is 2.18. The van der Waals surface area contributed by atoms with Crippen molar-refractivity contribution in [3.63, 3.8) is 0 Å². The van der Waals surface area contributed by atoms with E-state index < -0.39 is 6.10 Å². The van der Waals surface area contributed by atoms with Crippen LogP contribution in [-0.4, -0.2) is 31.4 Å². The molecule has 0 radical (unpaired) electrons. The van der Waals surface area contributed by atoms with E-state index in [9.17, 15) is 9.18 Å². The maximum Gasteiger partial charge on any atom is 0.261 e. The third-order valence-electron chi connectivity index (χ3n) is 3.84. The normalized spacial score (nSPS) is 11.7. The average molecular weight is 412 g/mol. The van der Waals surface area contributed by atoms with Crippen molar-refractivity contribution in [2.45, 2.75) is 25.2 Å². The maximum atomic E-state index is 13.7. The first kappa shape index (κ1) is 21.4. The minimum Gasteiger partial charge on any atom is -0.497 e. The lowest BCUT2D eigenvalue weighted by molar-refractivity contribution is -0.127. The number of rotatable bonds is 10. The monoisotopic (exact) mass is 411 g/mol. The smallest absolute Gasteiger partial charge is 0.261 e. The molecule has 0 heterocycles. The first-order valence-corrected chi connectivity index (χ1v) is 10.2. The van der Waals surface area contributed by atoms with Gasteiger partial charge in [-0.05, 0) is 30.7 Å². The number of carbonyl (C=O) groups is 1. The molecule has 0 aromatic heterocycles. The van der Waals surface area contributed by atoms with E-state index in [0.717, 1.165) is 0 Å². The third kappa shape index (κ3) is 6.63. The van der Waals surface area contributed by atoms with Gasteiger partial charge in [-0.15, -0.1) is 0 Å². The van der Waals surface area contributed by atoms with E-state index in [-0.39, 0.29) is 11.7 Å². The lowest BCUT2D eigenvalue weighted by atomic mass is 10.2. The maximum absolute atomic E-state index is 13.7. The van der Waals surface area contributed by atoms with Crippen LogP contribution < -0.4 is 14.8 Å². The highest BCUT2D eigenvalue weighted by molar-refractivity contribution is 7.98. The number of hydrogen-bond donors (Lipinski definition) is 1. The molecular formula is C20H23ClFNO3S. The van der Waals surface area contributed by atoms with Gasteiger partial charge in [-0.25, -0.2) is 4.39 Å². The number of thioether (sulfide) groups is 1. The topological polar surface area (TPSA) is 47.6 Å². The van der Waals surface area contributed by atoms with Crippen LogP contribution in [-0.2, 0) is 10.5 Å². The van der Waals surface area contributed by atoms with Crippen molar-refractivity contribution in [3.8, 4) is 11.5 Å². The lowest BCUT2D eigenvalue weighted by Gasteiger charge is -2.17. The Labute approximate surface area is 168 Å². The number of ether oxygens (including phenoxy) is 2. The highest BCUT2D eigenvalue weighted by Crippen LogP contribution is 2.24. The molecule has 2 aromatic rings. The number of hydrogen-bond acceptors (Lipinski definition) is 4. The van der Waals surface area contributed by atoms with Crippen molar-refractivity contribution in [1.82, 2.24) is 5.32 Å². The van der Waals surface area contributed by atoms with Crippen LogP contribution >= 0.6 is 23.4 Å². The van der Waals surface area contributed by atoms with Crippen LogP contribution in [0.4, 0.5) is 4.39 Å². The Morgan fingerprint density at radius 3 is 2.70 bits per heavy atom. The van der Waals surface area contributed by atoms with Gasteiger partial charge < -0.3 is 14.8 Å². The Morgan fingerprint density at radius 1 is 1.26 bits per heavy atom. The van der Waals surface area contributed by atoms with Crippen LogP contribution in [0.1, 0.15) is 18.9 Å². The summed E-state index contributed by atoms with van der Waals surface area (Å²) in [6.07, 6.45) is -0.0378. The molecule has 1 atom stereocenters. The van der Waals surface area contributed by atoms with Gasteiger partial charge in [0.15, 0.2) is 6.10 Å². The second-order valence-electron chi connectivity index (χ2n) is 5.74. The first-order valence-electron chi connectivity index (χ1n) is 8.64. The Balaban J connectivity index is 1.76. The molecule has 146 valence electrons. The van der Waals surface area contributed by atoms with Crippen LogP contribution in [0.2, 0.25) is 5.02 Å². The second kappa shape index (κ2) is 11.0. The molecule has 4 nitrogen and oxygen atoms in total. The van der Waals surface area contributed by atoms with Crippen LogP contribution in [0.15, 0.2) is 42.5 Å². The lowest BCUT2D eigenvalue weighted by Crippen LogP contribution is -2.39. The van der Waals surface area contributed by atoms with Crippen LogP contribution in [0.3, 0.4) is 0 Å². The predicted molar refractivity (Wildman–Crippen MR) is 108 cm³/mol. The number of carbonyl (C=O) groups excluding carboxylic acids is 1. The van der Waals surface area contributed by atoms with E-state index in [1.165, 1.54) is 17.8 Å². The summed E-state index contributed by atoms with van der Waals surface area (Å²) in [4.78, 5) is 12.3. The summed E-state index contributed by atoms with van der Waals surface area (Å²) in [5.74, 6) is 1.87. The molecule has 0 bridgehead atoms. The molecule has 2 aromatic carbocycles. The van der Waals surface area contributed by atoms with Gasteiger partial charge in [0.1, 0.15) is 17.3 Å². The van der Waals surface area contributed by atoms with Crippen molar-refractivity contribution in [2.75, 3.05) is 19.4 Å². The molecule has 2 rings (SSSR count). The van der Waals surface area contributed by atoms with Crippen molar-refractivity contribution in [2.24, 2.45) is 0 Å². The van der Waals surface area contributed by atoms with E-state index in [0.29, 0.717) is 46.6 Å². The summed E-state index contributed by atoms with van der Waals surface area (Å²) >= 11 is 7.51. The minimum atomic E-state index is -0.580. The largest absolute Gasteiger partial charge is 0.497 e. The van der Waals surface area contributed by atoms with E-state index in [2.05, 4.69) is 5.32 Å². The quantitative estimate of drug-likeness (QED) is 0.576. The Hall–Kier alpha value is -1.92. The summed E-state index contributed by atoms with van der Waals surface area (Å²) in [6.45, 7) is 2.35. The molecule has 1 N–H and O–H groups in total. The van der Waals surface area contributed by atoms with E-state index in [1.54, 1.807) is 31.4 Å². The molecule has 0 unspecified atom stereocenters. The Bertz CT molecular complexity index is 740. The fourth-order valence-electron chi connectivity index (χ4n) is 2.37. The molecule has 0 spiro atoms. The Morgan fingerprint density at radius 2 is 2.00 bits per heavy atom. The SMILES string of the molecule is CC[C@H](Oc1cccc(OC)c1)C(=O)NCCSCc1c(F)cccc1Cl. The van der Waals surface area contributed by atoms with Gasteiger partial charge >= 0.3 is 0 Å². The van der Waals surface area contributed by atoms with E-state index >= 15 is 0 Å². The zero-order valence-corrected chi connectivity index (χ0v) is 16.9. The van der Waals surface area contributed by atoms with Gasteiger partial charge in [0.25, 0.3) is 5.91 Å². The molecule has 0 aliphatic carbocycles. The molecule has 0 aliphatic heterocycles. The first-order chi connectivity index (χ1) is 13.0. The van der Waals surface area contributed by atoms with Gasteiger partial charge in [0.05, 0.1) is 7.11 Å². The zero-order chi connectivity index (χ0) is 19.6. The van der Waals surface area contributed by atoms with E-state index in [4.69, 9.17) is 21.1 Å². The molecular weight excluding hydrogens is 389 g/mol. The number of halogens is 2. The number of nitrogens with one attached hydrogen (secondary N) is 1.